The fourth-order valence-electron chi connectivity index (χ4n) is 2.64. The van der Waals surface area contributed by atoms with Gasteiger partial charge in [0, 0.05) is 12.2 Å². The third-order valence-electron chi connectivity index (χ3n) is 3.56. The topological polar surface area (TPSA) is 37.4 Å². The van der Waals surface area contributed by atoms with Gasteiger partial charge in [0.05, 0.1) is 5.54 Å². The van der Waals surface area contributed by atoms with E-state index in [0.29, 0.717) is 0 Å². The summed E-state index contributed by atoms with van der Waals surface area (Å²) in [7, 11) is 0. The van der Waals surface area contributed by atoms with Crippen LogP contribution in [0.2, 0.25) is 0 Å². The van der Waals surface area contributed by atoms with E-state index in [-0.39, 0.29) is 26.0 Å². The van der Waals surface area contributed by atoms with Gasteiger partial charge in [0.25, 0.3) is 17.2 Å². The van der Waals surface area contributed by atoms with Gasteiger partial charge >= 0.3 is 18.5 Å². The number of hydrogen-bond donors (Lipinski definition) is 0. The monoisotopic (exact) mass is 357 g/mol. The van der Waals surface area contributed by atoms with Crippen LogP contribution in [0.3, 0.4) is 0 Å². The number of carbonyl (C=O) groups excluding carboxylic acids is 2. The summed E-state index contributed by atoms with van der Waals surface area (Å²) in [6, 6.07) is 0. The Kier molecular flexibility index (Phi) is 4.09. The van der Waals surface area contributed by atoms with Gasteiger partial charge in [-0.3, -0.25) is 14.5 Å². The number of rotatable bonds is 2. The molecule has 23 heavy (non-hydrogen) atoms. The Balaban J connectivity index is 3.84. The summed E-state index contributed by atoms with van der Waals surface area (Å²) in [4.78, 5) is 22.1. The SMILES string of the molecule is CC(C)(N1C(=O)C=CC1=O)C(C(F)(F)F)(C(F)(F)F)C(F)(F)F. The largest absolute Gasteiger partial charge is 0.414 e. The van der Waals surface area contributed by atoms with Crippen LogP contribution >= 0.6 is 0 Å². The third-order valence-corrected chi connectivity index (χ3v) is 3.56. The maximum absolute atomic E-state index is 13.1. The van der Waals surface area contributed by atoms with E-state index in [1.807, 2.05) is 0 Å². The molecule has 12 heteroatoms. The van der Waals surface area contributed by atoms with Crippen molar-refractivity contribution in [3.63, 3.8) is 0 Å². The maximum atomic E-state index is 13.1. The summed E-state index contributed by atoms with van der Waals surface area (Å²) in [5, 5.41) is 0. The van der Waals surface area contributed by atoms with Crippen LogP contribution in [0.4, 0.5) is 39.5 Å². The van der Waals surface area contributed by atoms with Crippen LogP contribution < -0.4 is 0 Å². The predicted octanol–water partition coefficient (Wildman–Crippen LogP) is 3.36. The average molecular weight is 357 g/mol. The standard InChI is InChI=1S/C11H8F9NO2/c1-7(2,21-5(22)3-4-6(21)23)8(9(12,13)14,10(15,16)17)11(18,19)20/h3-4H,1-2H3. The number of alkyl halides is 9. The lowest BCUT2D eigenvalue weighted by molar-refractivity contribution is -0.450. The molecule has 0 bridgehead atoms. The highest BCUT2D eigenvalue weighted by Crippen LogP contribution is 2.65. The zero-order chi connectivity index (χ0) is 18.6. The van der Waals surface area contributed by atoms with Crippen molar-refractivity contribution >= 4 is 11.8 Å². The number of imide groups is 1. The molecular weight excluding hydrogens is 349 g/mol. The lowest BCUT2D eigenvalue weighted by atomic mass is 9.68. The molecule has 0 aromatic carbocycles. The first-order valence-electron chi connectivity index (χ1n) is 5.69. The van der Waals surface area contributed by atoms with E-state index in [1.165, 1.54) is 0 Å². The first-order chi connectivity index (χ1) is 9.93. The second kappa shape index (κ2) is 4.87. The highest BCUT2D eigenvalue weighted by molar-refractivity contribution is 6.13. The average Bonchev–Trinajstić information content (AvgIpc) is 2.51. The van der Waals surface area contributed by atoms with Crippen molar-refractivity contribution in [1.82, 2.24) is 4.90 Å². The van der Waals surface area contributed by atoms with Crippen molar-refractivity contribution in [3.05, 3.63) is 12.2 Å². The highest BCUT2D eigenvalue weighted by Gasteiger charge is 2.90. The second-order valence-corrected chi connectivity index (χ2v) is 5.15. The molecule has 0 aromatic heterocycles. The predicted molar refractivity (Wildman–Crippen MR) is 55.7 cm³/mol. The van der Waals surface area contributed by atoms with Gasteiger partial charge in [-0.25, -0.2) is 0 Å². The van der Waals surface area contributed by atoms with Crippen molar-refractivity contribution in [1.29, 1.82) is 0 Å². The number of hydrogen-bond acceptors (Lipinski definition) is 2. The molecule has 0 N–H and O–H groups in total. The van der Waals surface area contributed by atoms with E-state index in [4.69, 9.17) is 0 Å². The van der Waals surface area contributed by atoms with Crippen LogP contribution in [0.25, 0.3) is 0 Å². The molecule has 132 valence electrons. The van der Waals surface area contributed by atoms with Gasteiger partial charge in [0.15, 0.2) is 0 Å². The van der Waals surface area contributed by atoms with Crippen LogP contribution in [0.1, 0.15) is 13.8 Å². The molecule has 1 rings (SSSR count). The first-order valence-corrected chi connectivity index (χ1v) is 5.69. The first kappa shape index (κ1) is 19.3. The van der Waals surface area contributed by atoms with Gasteiger partial charge in [0.1, 0.15) is 0 Å². The van der Waals surface area contributed by atoms with E-state index in [1.54, 1.807) is 0 Å². The van der Waals surface area contributed by atoms with Crippen molar-refractivity contribution in [2.24, 2.45) is 5.41 Å². The van der Waals surface area contributed by atoms with Gasteiger partial charge in [-0.15, -0.1) is 0 Å². The number of halogens is 9. The molecule has 0 saturated heterocycles. The summed E-state index contributed by atoms with van der Waals surface area (Å²) in [6.07, 6.45) is -20.1. The summed E-state index contributed by atoms with van der Waals surface area (Å²) in [5.74, 6) is -3.41. The van der Waals surface area contributed by atoms with Crippen LogP contribution in [0.5, 0.6) is 0 Å². The smallest absolute Gasteiger partial charge is 0.269 e. The van der Waals surface area contributed by atoms with Gasteiger partial charge in [-0.05, 0) is 13.8 Å². The summed E-state index contributed by atoms with van der Waals surface area (Å²) >= 11 is 0. The number of carbonyl (C=O) groups is 2. The van der Waals surface area contributed by atoms with Crippen LogP contribution in [-0.4, -0.2) is 40.8 Å². The summed E-state index contributed by atoms with van der Waals surface area (Å²) < 4.78 is 118. The molecule has 0 aliphatic carbocycles. The lowest BCUT2D eigenvalue weighted by Gasteiger charge is -2.51. The number of amides is 2. The Bertz CT molecular complexity index is 499. The quantitative estimate of drug-likeness (QED) is 0.561. The fraction of sp³-hybridized carbons (Fsp3) is 0.636. The van der Waals surface area contributed by atoms with Gasteiger partial charge in [0.2, 0.25) is 0 Å². The third kappa shape index (κ3) is 2.38. The summed E-state index contributed by atoms with van der Waals surface area (Å²) in [6.45, 7) is -0.214. The molecule has 0 spiro atoms. The molecule has 3 nitrogen and oxygen atoms in total. The molecule has 0 radical (unpaired) electrons. The van der Waals surface area contributed by atoms with E-state index in [9.17, 15) is 49.1 Å². The molecule has 0 saturated carbocycles. The van der Waals surface area contributed by atoms with Crippen LogP contribution in [0, 0.1) is 5.41 Å². The molecule has 1 aliphatic rings. The zero-order valence-electron chi connectivity index (χ0n) is 11.3. The highest BCUT2D eigenvalue weighted by atomic mass is 19.4. The Hall–Kier alpha value is -1.75. The Morgan fingerprint density at radius 2 is 0.957 bits per heavy atom. The molecule has 1 heterocycles. The molecule has 0 fully saturated rings. The van der Waals surface area contributed by atoms with Crippen molar-refractivity contribution in [2.75, 3.05) is 0 Å². The maximum Gasteiger partial charge on any atom is 0.414 e. The lowest BCUT2D eigenvalue weighted by Crippen LogP contribution is -2.75. The Morgan fingerprint density at radius 3 is 1.17 bits per heavy atom. The van der Waals surface area contributed by atoms with E-state index >= 15 is 0 Å². The summed E-state index contributed by atoms with van der Waals surface area (Å²) in [5.41, 5.74) is -10.3. The molecule has 2 amide bonds. The minimum atomic E-state index is -6.88. The van der Waals surface area contributed by atoms with Crippen molar-refractivity contribution in [3.8, 4) is 0 Å². The minimum absolute atomic E-state index is 0.107. The normalized spacial score (nSPS) is 18.1. The van der Waals surface area contributed by atoms with E-state index in [2.05, 4.69) is 0 Å². The molecule has 1 aliphatic heterocycles. The van der Waals surface area contributed by atoms with Gasteiger partial charge in [-0.2, -0.15) is 39.5 Å². The molecular formula is C11H8F9NO2. The number of nitrogens with zero attached hydrogens (tertiary/aromatic N) is 1. The zero-order valence-corrected chi connectivity index (χ0v) is 11.3. The molecule has 0 unspecified atom stereocenters. The van der Waals surface area contributed by atoms with Gasteiger partial charge in [-0.1, -0.05) is 0 Å². The van der Waals surface area contributed by atoms with Crippen LogP contribution in [0.15, 0.2) is 12.2 Å². The Morgan fingerprint density at radius 1 is 0.696 bits per heavy atom. The molecule has 0 aromatic rings. The van der Waals surface area contributed by atoms with Crippen molar-refractivity contribution in [2.45, 2.75) is 37.9 Å². The van der Waals surface area contributed by atoms with E-state index < -0.39 is 46.2 Å². The van der Waals surface area contributed by atoms with Crippen LogP contribution in [-0.2, 0) is 9.59 Å². The van der Waals surface area contributed by atoms with Gasteiger partial charge < -0.3 is 0 Å². The van der Waals surface area contributed by atoms with Crippen molar-refractivity contribution < 1.29 is 49.1 Å². The second-order valence-electron chi connectivity index (χ2n) is 5.15. The molecule has 0 atom stereocenters. The Labute approximate surface area is 122 Å². The fourth-order valence-corrected chi connectivity index (χ4v) is 2.64. The minimum Gasteiger partial charge on any atom is -0.269 e. The van der Waals surface area contributed by atoms with E-state index in [0.717, 1.165) is 0 Å².